The maximum absolute atomic E-state index is 11.5. The molecule has 3 aromatic carbocycles. The van der Waals surface area contributed by atoms with Crippen molar-refractivity contribution in [3.63, 3.8) is 0 Å². The van der Waals surface area contributed by atoms with Gasteiger partial charge in [-0.05, 0) is 66.6 Å². The molecule has 3 aromatic rings. The molecule has 3 rings (SSSR count). The first-order valence-electron chi connectivity index (χ1n) is 8.55. The van der Waals surface area contributed by atoms with Crippen molar-refractivity contribution in [3.8, 4) is 5.75 Å². The fourth-order valence-electron chi connectivity index (χ4n) is 2.50. The summed E-state index contributed by atoms with van der Waals surface area (Å²) in [5.74, 6) is 0.246. The molecule has 0 bridgehead atoms. The lowest BCUT2D eigenvalue weighted by atomic mass is 10.1. The molecule has 0 unspecified atom stereocenters. The average molecular weight is 347 g/mol. The Morgan fingerprint density at radius 2 is 1.73 bits per heavy atom. The number of esters is 1. The van der Waals surface area contributed by atoms with Gasteiger partial charge in [-0.15, -0.1) is 0 Å². The van der Waals surface area contributed by atoms with E-state index >= 15 is 0 Å². The van der Waals surface area contributed by atoms with Crippen molar-refractivity contribution in [2.45, 2.75) is 20.0 Å². The quantitative estimate of drug-likeness (QED) is 0.470. The smallest absolute Gasteiger partial charge is 0.344 e. The zero-order valence-electron chi connectivity index (χ0n) is 14.9. The molecule has 0 aliphatic rings. The summed E-state index contributed by atoms with van der Waals surface area (Å²) in [5.41, 5.74) is 1.86. The summed E-state index contributed by atoms with van der Waals surface area (Å²) in [5, 5.41) is 2.36. The molecule has 26 heavy (non-hydrogen) atoms. The maximum Gasteiger partial charge on any atom is 0.344 e. The first-order chi connectivity index (χ1) is 12.6. The van der Waals surface area contributed by atoms with E-state index in [0.29, 0.717) is 5.75 Å². The second kappa shape index (κ2) is 8.30. The van der Waals surface area contributed by atoms with Crippen LogP contribution in [-0.4, -0.2) is 24.9 Å². The van der Waals surface area contributed by atoms with Gasteiger partial charge in [0.2, 0.25) is 0 Å². The van der Waals surface area contributed by atoms with Gasteiger partial charge in [-0.3, -0.25) is 4.99 Å². The van der Waals surface area contributed by atoms with Crippen LogP contribution in [0, 0.1) is 0 Å². The van der Waals surface area contributed by atoms with Crippen molar-refractivity contribution in [2.24, 2.45) is 4.99 Å². The Morgan fingerprint density at radius 1 is 1.00 bits per heavy atom. The molecule has 132 valence electrons. The van der Waals surface area contributed by atoms with Crippen LogP contribution in [0.25, 0.3) is 10.8 Å². The number of carbonyl (C=O) groups is 1. The van der Waals surface area contributed by atoms with Crippen molar-refractivity contribution in [2.75, 3.05) is 6.61 Å². The second-order valence-electron chi connectivity index (χ2n) is 6.19. The fourth-order valence-corrected chi connectivity index (χ4v) is 2.50. The lowest BCUT2D eigenvalue weighted by Crippen LogP contribution is -2.18. The molecule has 0 atom stereocenters. The highest BCUT2D eigenvalue weighted by Gasteiger charge is 2.06. The van der Waals surface area contributed by atoms with Gasteiger partial charge in [0.05, 0.1) is 11.8 Å². The molecule has 0 aromatic heterocycles. The summed E-state index contributed by atoms with van der Waals surface area (Å²) in [4.78, 5) is 16.0. The Balaban J connectivity index is 1.61. The zero-order valence-corrected chi connectivity index (χ0v) is 14.9. The highest BCUT2D eigenvalue weighted by Crippen LogP contribution is 2.21. The van der Waals surface area contributed by atoms with Gasteiger partial charge in [-0.25, -0.2) is 4.79 Å². The van der Waals surface area contributed by atoms with E-state index in [1.165, 1.54) is 10.8 Å². The SMILES string of the molecule is CC(C)OC(=O)COc1ccc(C=Nc2ccc3ccccc3c2)cc1. The molecule has 0 spiro atoms. The summed E-state index contributed by atoms with van der Waals surface area (Å²) in [6.07, 6.45) is 1.67. The minimum atomic E-state index is -0.373. The number of aliphatic imine (C=N–C) groups is 1. The van der Waals surface area contributed by atoms with E-state index in [0.717, 1.165) is 11.3 Å². The minimum absolute atomic E-state index is 0.0945. The first-order valence-corrected chi connectivity index (χ1v) is 8.55. The number of benzene rings is 3. The van der Waals surface area contributed by atoms with Crippen LogP contribution in [0.2, 0.25) is 0 Å². The van der Waals surface area contributed by atoms with Gasteiger partial charge in [-0.1, -0.05) is 30.3 Å². The van der Waals surface area contributed by atoms with Crippen LogP contribution < -0.4 is 4.74 Å². The summed E-state index contributed by atoms with van der Waals surface area (Å²) in [6, 6.07) is 21.7. The van der Waals surface area contributed by atoms with Gasteiger partial charge in [-0.2, -0.15) is 0 Å². The van der Waals surface area contributed by atoms with Crippen molar-refractivity contribution in [1.82, 2.24) is 0 Å². The normalized spacial score (nSPS) is 11.2. The van der Waals surface area contributed by atoms with Crippen molar-refractivity contribution < 1.29 is 14.3 Å². The van der Waals surface area contributed by atoms with Crippen molar-refractivity contribution >= 4 is 28.6 Å². The lowest BCUT2D eigenvalue weighted by Gasteiger charge is -2.09. The first kappa shape index (κ1) is 17.7. The third-order valence-electron chi connectivity index (χ3n) is 3.70. The minimum Gasteiger partial charge on any atom is -0.482 e. The summed E-state index contributed by atoms with van der Waals surface area (Å²) < 4.78 is 10.4. The fraction of sp³-hybridized carbons (Fsp3) is 0.182. The summed E-state index contributed by atoms with van der Waals surface area (Å²) >= 11 is 0. The van der Waals surface area contributed by atoms with E-state index in [1.807, 2.05) is 56.3 Å². The van der Waals surface area contributed by atoms with Gasteiger partial charge in [0.25, 0.3) is 0 Å². The molecule has 0 saturated heterocycles. The Hall–Kier alpha value is -3.14. The summed E-state index contributed by atoms with van der Waals surface area (Å²) in [6.45, 7) is 3.52. The molecule has 4 heteroatoms. The Labute approximate surface area is 153 Å². The van der Waals surface area contributed by atoms with Crippen LogP contribution in [-0.2, 0) is 9.53 Å². The topological polar surface area (TPSA) is 47.9 Å². The molecule has 0 radical (unpaired) electrons. The van der Waals surface area contributed by atoms with Crippen LogP contribution in [0.3, 0.4) is 0 Å². The number of ether oxygens (including phenoxy) is 2. The number of rotatable bonds is 6. The number of nitrogens with zero attached hydrogens (tertiary/aromatic N) is 1. The van der Waals surface area contributed by atoms with Gasteiger partial charge >= 0.3 is 5.97 Å². The molecule has 0 aliphatic carbocycles. The Bertz CT molecular complexity index is 914. The third kappa shape index (κ3) is 4.93. The molecule has 0 aliphatic heterocycles. The van der Waals surface area contributed by atoms with Crippen LogP contribution in [0.15, 0.2) is 71.7 Å². The predicted molar refractivity (Wildman–Crippen MR) is 104 cm³/mol. The van der Waals surface area contributed by atoms with E-state index in [2.05, 4.69) is 29.3 Å². The van der Waals surface area contributed by atoms with E-state index in [4.69, 9.17) is 9.47 Å². The number of fused-ring (bicyclic) bond motifs is 1. The highest BCUT2D eigenvalue weighted by molar-refractivity contribution is 5.87. The molecular formula is C22H21NO3. The lowest BCUT2D eigenvalue weighted by molar-refractivity contribution is -0.149. The van der Waals surface area contributed by atoms with E-state index in [9.17, 15) is 4.79 Å². The standard InChI is InChI=1S/C22H21NO3/c1-16(2)26-22(24)15-25-21-11-7-17(8-12-21)14-23-20-10-9-18-5-3-4-6-19(18)13-20/h3-14,16H,15H2,1-2H3. The van der Waals surface area contributed by atoms with Crippen LogP contribution >= 0.6 is 0 Å². The monoisotopic (exact) mass is 347 g/mol. The van der Waals surface area contributed by atoms with E-state index < -0.39 is 0 Å². The van der Waals surface area contributed by atoms with Crippen LogP contribution in [0.1, 0.15) is 19.4 Å². The number of hydrogen-bond acceptors (Lipinski definition) is 4. The van der Waals surface area contributed by atoms with Crippen LogP contribution in [0.5, 0.6) is 5.75 Å². The maximum atomic E-state index is 11.5. The summed E-state index contributed by atoms with van der Waals surface area (Å²) in [7, 11) is 0. The second-order valence-corrected chi connectivity index (χ2v) is 6.19. The van der Waals surface area contributed by atoms with Gasteiger partial charge < -0.3 is 9.47 Å². The molecule has 4 nitrogen and oxygen atoms in total. The van der Waals surface area contributed by atoms with Gasteiger partial charge in [0, 0.05) is 6.21 Å². The zero-order chi connectivity index (χ0) is 18.4. The van der Waals surface area contributed by atoms with Crippen molar-refractivity contribution in [3.05, 3.63) is 72.3 Å². The average Bonchev–Trinajstić information content (AvgIpc) is 2.65. The molecule has 0 saturated carbocycles. The molecule has 0 fully saturated rings. The predicted octanol–water partition coefficient (Wildman–Crippen LogP) is 4.92. The Kier molecular flexibility index (Phi) is 5.64. The van der Waals surface area contributed by atoms with Gasteiger partial charge in [0.15, 0.2) is 6.61 Å². The molecular weight excluding hydrogens is 326 g/mol. The molecule has 0 heterocycles. The number of carbonyl (C=O) groups excluding carboxylic acids is 1. The van der Waals surface area contributed by atoms with Crippen LogP contribution in [0.4, 0.5) is 5.69 Å². The number of hydrogen-bond donors (Lipinski definition) is 0. The van der Waals surface area contributed by atoms with Crippen molar-refractivity contribution in [1.29, 1.82) is 0 Å². The highest BCUT2D eigenvalue weighted by atomic mass is 16.6. The third-order valence-corrected chi connectivity index (χ3v) is 3.70. The van der Waals surface area contributed by atoms with Gasteiger partial charge in [0.1, 0.15) is 5.75 Å². The molecule has 0 amide bonds. The largest absolute Gasteiger partial charge is 0.482 e. The molecule has 0 N–H and O–H groups in total. The van der Waals surface area contributed by atoms with E-state index in [1.54, 1.807) is 6.21 Å². The Morgan fingerprint density at radius 3 is 2.46 bits per heavy atom. The van der Waals surface area contributed by atoms with E-state index in [-0.39, 0.29) is 18.7 Å².